The number of benzene rings is 2. The maximum absolute atomic E-state index is 13.2. The van der Waals surface area contributed by atoms with Crippen molar-refractivity contribution in [3.8, 4) is 5.75 Å². The summed E-state index contributed by atoms with van der Waals surface area (Å²) in [6.07, 6.45) is 0. The summed E-state index contributed by atoms with van der Waals surface area (Å²) in [4.78, 5) is 11.1. The second-order valence-electron chi connectivity index (χ2n) is 6.26. The summed E-state index contributed by atoms with van der Waals surface area (Å²) in [5, 5.41) is 12.3. The van der Waals surface area contributed by atoms with E-state index >= 15 is 0 Å². The number of carboxylic acids is 1. The first-order chi connectivity index (χ1) is 14.1. The van der Waals surface area contributed by atoms with E-state index in [2.05, 4.69) is 5.32 Å². The molecular weight excluding hydrogens is 456 g/mol. The number of halogens is 1. The van der Waals surface area contributed by atoms with Crippen molar-refractivity contribution < 1.29 is 30.9 Å². The third-order valence-electron chi connectivity index (χ3n) is 4.24. The van der Waals surface area contributed by atoms with Gasteiger partial charge in [-0.15, -0.1) is 0 Å². The molecule has 3 aromatic rings. The molecule has 0 atom stereocenters. The Hall–Kier alpha value is -2.76. The van der Waals surface area contributed by atoms with Crippen LogP contribution in [0, 0.1) is 6.92 Å². The maximum Gasteiger partial charge on any atom is 0.341 e. The molecule has 2 aromatic carbocycles. The van der Waals surface area contributed by atoms with Gasteiger partial charge < -0.3 is 19.2 Å². The molecule has 12 heteroatoms. The van der Waals surface area contributed by atoms with Crippen LogP contribution in [0.4, 0.5) is 5.69 Å². The van der Waals surface area contributed by atoms with E-state index in [0.29, 0.717) is 5.52 Å². The Kier molecular flexibility index (Phi) is 6.25. The first-order valence-corrected chi connectivity index (χ1v) is 11.6. The van der Waals surface area contributed by atoms with Crippen LogP contribution in [0.15, 0.2) is 47.4 Å². The minimum absolute atomic E-state index is 0.0193. The zero-order valence-corrected chi connectivity index (χ0v) is 18.0. The number of hydrogen-bond acceptors (Lipinski definition) is 7. The van der Waals surface area contributed by atoms with Crippen LogP contribution in [0.2, 0.25) is 5.02 Å². The van der Waals surface area contributed by atoms with Crippen molar-refractivity contribution in [1.29, 1.82) is 0 Å². The number of nitrogens with zero attached hydrogens (tertiary/aromatic N) is 1. The zero-order valence-electron chi connectivity index (χ0n) is 15.5. The minimum Gasteiger partial charge on any atom is -0.480 e. The molecule has 1 aromatic heterocycles. The van der Waals surface area contributed by atoms with Crippen molar-refractivity contribution in [3.05, 3.63) is 53.2 Å². The van der Waals surface area contributed by atoms with Crippen LogP contribution in [0.5, 0.6) is 5.75 Å². The molecule has 160 valence electrons. The number of hydrogen-bond donors (Lipinski definition) is 3. The first-order valence-electron chi connectivity index (χ1n) is 8.49. The molecule has 0 aliphatic rings. The monoisotopic (exact) mass is 472 g/mol. The Bertz CT molecular complexity index is 1310. The summed E-state index contributed by atoms with van der Waals surface area (Å²) in [7, 11) is -7.21. The van der Waals surface area contributed by atoms with Gasteiger partial charge >= 0.3 is 16.1 Å². The topological polar surface area (TPSA) is 132 Å². The van der Waals surface area contributed by atoms with Crippen LogP contribution >= 0.6 is 11.6 Å². The standard InChI is InChI=1S/C18H17ClN2O7S2/c1-11-18(30(26,27)28-13-5-2-4-12(19)8-13)17-14(20-10-29(24)25)6-3-7-15(17)21(11)9-16(22)23/h2-8,20,29H,9-10H2,1H3,(H,22,23). The van der Waals surface area contributed by atoms with Gasteiger partial charge in [-0.05, 0) is 31.2 Å². The zero-order chi connectivity index (χ0) is 22.1. The molecule has 0 aliphatic heterocycles. The number of thiol groups is 1. The van der Waals surface area contributed by atoms with Gasteiger partial charge in [0.05, 0.1) is 5.52 Å². The van der Waals surface area contributed by atoms with Gasteiger partial charge in [0.25, 0.3) is 0 Å². The molecule has 30 heavy (non-hydrogen) atoms. The van der Waals surface area contributed by atoms with E-state index in [1.165, 1.54) is 35.8 Å². The van der Waals surface area contributed by atoms with E-state index in [1.54, 1.807) is 18.2 Å². The molecule has 9 nitrogen and oxygen atoms in total. The van der Waals surface area contributed by atoms with Crippen LogP contribution in [0.3, 0.4) is 0 Å². The number of rotatable bonds is 8. The van der Waals surface area contributed by atoms with Gasteiger partial charge in [0, 0.05) is 27.9 Å². The smallest absolute Gasteiger partial charge is 0.341 e. The summed E-state index contributed by atoms with van der Waals surface area (Å²) >= 11 is 5.89. The van der Waals surface area contributed by atoms with Crippen molar-refractivity contribution in [2.24, 2.45) is 0 Å². The van der Waals surface area contributed by atoms with Crippen LogP contribution in [0.25, 0.3) is 10.9 Å². The normalized spacial score (nSPS) is 11.7. The number of aliphatic carboxylic acids is 1. The quantitative estimate of drug-likeness (QED) is 0.336. The van der Waals surface area contributed by atoms with Crippen molar-refractivity contribution in [2.45, 2.75) is 18.4 Å². The summed E-state index contributed by atoms with van der Waals surface area (Å²) < 4.78 is 54.9. The summed E-state index contributed by atoms with van der Waals surface area (Å²) in [5.41, 5.74) is 0.650. The van der Waals surface area contributed by atoms with E-state index in [0.717, 1.165) is 0 Å². The van der Waals surface area contributed by atoms with Crippen molar-refractivity contribution in [1.82, 2.24) is 4.57 Å². The predicted octanol–water partition coefficient (Wildman–Crippen LogP) is 2.44. The van der Waals surface area contributed by atoms with Gasteiger partial charge in [-0.1, -0.05) is 23.7 Å². The van der Waals surface area contributed by atoms with Crippen molar-refractivity contribution in [2.75, 3.05) is 11.2 Å². The third-order valence-corrected chi connectivity index (χ3v) is 6.30. The lowest BCUT2D eigenvalue weighted by Crippen LogP contribution is -2.14. The number of nitrogens with one attached hydrogen (secondary N) is 1. The molecule has 0 amide bonds. The largest absolute Gasteiger partial charge is 0.480 e. The highest BCUT2D eigenvalue weighted by Gasteiger charge is 2.29. The molecule has 3 rings (SSSR count). The van der Waals surface area contributed by atoms with Gasteiger partial charge in [-0.2, -0.15) is 8.42 Å². The molecule has 0 fully saturated rings. The highest BCUT2D eigenvalue weighted by Crippen LogP contribution is 2.36. The summed E-state index contributed by atoms with van der Waals surface area (Å²) in [6, 6.07) is 10.4. The van der Waals surface area contributed by atoms with E-state index in [9.17, 15) is 26.7 Å². The fourth-order valence-corrected chi connectivity index (χ4v) is 4.97. The second-order valence-corrected chi connectivity index (χ2v) is 9.16. The molecule has 0 bridgehead atoms. The SMILES string of the molecule is Cc1c(S(=O)(=O)Oc2cccc(Cl)c2)c2c(NC[SH](=O)=O)cccc2n1CC(=O)O. The van der Waals surface area contributed by atoms with E-state index in [4.69, 9.17) is 15.8 Å². The molecule has 0 unspecified atom stereocenters. The Morgan fingerprint density at radius 3 is 2.57 bits per heavy atom. The fourth-order valence-electron chi connectivity index (χ4n) is 3.12. The van der Waals surface area contributed by atoms with Gasteiger partial charge in [0.2, 0.25) is 0 Å². The van der Waals surface area contributed by atoms with Gasteiger partial charge in [-0.3, -0.25) is 4.79 Å². The molecule has 1 heterocycles. The molecule has 0 saturated heterocycles. The molecule has 0 aliphatic carbocycles. The predicted molar refractivity (Wildman–Crippen MR) is 112 cm³/mol. The number of aromatic nitrogens is 1. The fraction of sp³-hybridized carbons (Fsp3) is 0.167. The molecular formula is C18H17ClN2O7S2. The third kappa shape index (κ3) is 4.53. The number of fused-ring (bicyclic) bond motifs is 1. The number of anilines is 1. The van der Waals surface area contributed by atoms with Crippen LogP contribution in [-0.4, -0.2) is 38.4 Å². The van der Waals surface area contributed by atoms with Crippen LogP contribution < -0.4 is 9.50 Å². The summed E-state index contributed by atoms with van der Waals surface area (Å²) in [5.74, 6) is -1.61. The molecule has 2 N–H and O–H groups in total. The second kappa shape index (κ2) is 8.54. The Morgan fingerprint density at radius 2 is 1.93 bits per heavy atom. The van der Waals surface area contributed by atoms with Crippen LogP contribution in [0.1, 0.15) is 5.69 Å². The van der Waals surface area contributed by atoms with Crippen molar-refractivity contribution in [3.63, 3.8) is 0 Å². The lowest BCUT2D eigenvalue weighted by Gasteiger charge is -2.10. The highest BCUT2D eigenvalue weighted by molar-refractivity contribution is 7.87. The van der Waals surface area contributed by atoms with Gasteiger partial charge in [0.1, 0.15) is 23.1 Å². The summed E-state index contributed by atoms with van der Waals surface area (Å²) in [6.45, 7) is 0.962. The Balaban J connectivity index is 2.25. The average molecular weight is 473 g/mol. The van der Waals surface area contributed by atoms with Crippen molar-refractivity contribution >= 4 is 55.0 Å². The maximum atomic E-state index is 13.2. The van der Waals surface area contributed by atoms with E-state index < -0.39 is 39.2 Å². The highest BCUT2D eigenvalue weighted by atomic mass is 35.5. The number of carboxylic acid groups (broad SMARTS) is 1. The average Bonchev–Trinajstić information content (AvgIpc) is 2.92. The minimum atomic E-state index is -4.43. The number of carbonyl (C=O) groups is 1. The lowest BCUT2D eigenvalue weighted by molar-refractivity contribution is -0.137. The van der Waals surface area contributed by atoms with Gasteiger partial charge in [-0.25, -0.2) is 8.42 Å². The molecule has 0 radical (unpaired) electrons. The Morgan fingerprint density at radius 1 is 1.23 bits per heavy atom. The van der Waals surface area contributed by atoms with E-state index in [1.807, 2.05) is 0 Å². The van der Waals surface area contributed by atoms with Gasteiger partial charge in [0.15, 0.2) is 10.7 Å². The Labute approximate surface area is 178 Å². The van der Waals surface area contributed by atoms with E-state index in [-0.39, 0.29) is 32.4 Å². The molecule has 0 saturated carbocycles. The van der Waals surface area contributed by atoms with Crippen LogP contribution in [-0.2, 0) is 32.2 Å². The first kappa shape index (κ1) is 21.9. The lowest BCUT2D eigenvalue weighted by atomic mass is 10.2. The molecule has 0 spiro atoms.